The van der Waals surface area contributed by atoms with E-state index < -0.39 is 5.92 Å². The first-order valence-electron chi connectivity index (χ1n) is 7.44. The number of fused-ring (bicyclic) bond motifs is 1. The molecular weight excluding hydrogens is 306 g/mol. The molecule has 23 heavy (non-hydrogen) atoms. The molecule has 2 heterocycles. The molecule has 5 heteroatoms. The van der Waals surface area contributed by atoms with Crippen molar-refractivity contribution in [2.45, 2.75) is 25.2 Å². The highest BCUT2D eigenvalue weighted by molar-refractivity contribution is 7.18. The van der Waals surface area contributed by atoms with Gasteiger partial charge in [-0.1, -0.05) is 12.1 Å². The Kier molecular flexibility index (Phi) is 4.74. The standard InChI is InChI=1S/C18H15N3OS/c19-12-14(18-21-15-5-1-2-7-17(15)23-18)16(22)6-3-4-13-8-10-20-11-9-13/h1-2,5,7-11,14H,3-4,6H2. The summed E-state index contributed by atoms with van der Waals surface area (Å²) in [7, 11) is 0. The van der Waals surface area contributed by atoms with E-state index in [4.69, 9.17) is 0 Å². The monoisotopic (exact) mass is 321 g/mol. The first-order chi connectivity index (χ1) is 11.3. The van der Waals surface area contributed by atoms with Gasteiger partial charge in [-0.15, -0.1) is 11.3 Å². The van der Waals surface area contributed by atoms with E-state index in [2.05, 4.69) is 16.0 Å². The van der Waals surface area contributed by atoms with E-state index in [1.807, 2.05) is 36.4 Å². The summed E-state index contributed by atoms with van der Waals surface area (Å²) in [5, 5.41) is 9.98. The number of rotatable bonds is 6. The second-order valence-electron chi connectivity index (χ2n) is 5.26. The van der Waals surface area contributed by atoms with Gasteiger partial charge in [-0.05, 0) is 42.7 Å². The topological polar surface area (TPSA) is 66.6 Å². The molecule has 4 nitrogen and oxygen atoms in total. The number of pyridine rings is 1. The number of carbonyl (C=O) groups excluding carboxylic acids is 1. The molecule has 2 aromatic heterocycles. The molecule has 1 aromatic carbocycles. The van der Waals surface area contributed by atoms with E-state index in [0.29, 0.717) is 11.4 Å². The third-order valence-corrected chi connectivity index (χ3v) is 4.75. The molecule has 3 rings (SSSR count). The minimum Gasteiger partial charge on any atom is -0.298 e. The maximum Gasteiger partial charge on any atom is 0.156 e. The van der Waals surface area contributed by atoms with E-state index >= 15 is 0 Å². The van der Waals surface area contributed by atoms with Gasteiger partial charge in [0.15, 0.2) is 11.7 Å². The van der Waals surface area contributed by atoms with Crippen LogP contribution in [-0.2, 0) is 11.2 Å². The van der Waals surface area contributed by atoms with Crippen LogP contribution in [0.2, 0.25) is 0 Å². The van der Waals surface area contributed by atoms with Gasteiger partial charge in [0.25, 0.3) is 0 Å². The van der Waals surface area contributed by atoms with Crippen LogP contribution < -0.4 is 0 Å². The molecule has 0 aliphatic carbocycles. The van der Waals surface area contributed by atoms with Crippen molar-refractivity contribution in [2.24, 2.45) is 0 Å². The molecule has 0 saturated heterocycles. The van der Waals surface area contributed by atoms with E-state index in [1.54, 1.807) is 12.4 Å². The van der Waals surface area contributed by atoms with Crippen LogP contribution in [0.1, 0.15) is 29.3 Å². The summed E-state index contributed by atoms with van der Waals surface area (Å²) in [5.41, 5.74) is 2.00. The fourth-order valence-electron chi connectivity index (χ4n) is 2.44. The van der Waals surface area contributed by atoms with Gasteiger partial charge in [-0.25, -0.2) is 4.98 Å². The minimum absolute atomic E-state index is 0.0550. The summed E-state index contributed by atoms with van der Waals surface area (Å²) < 4.78 is 1.01. The van der Waals surface area contributed by atoms with Gasteiger partial charge in [-0.2, -0.15) is 5.26 Å². The third kappa shape index (κ3) is 3.61. The average Bonchev–Trinajstić information content (AvgIpc) is 3.00. The number of aromatic nitrogens is 2. The third-order valence-electron chi connectivity index (χ3n) is 3.65. The number of Topliss-reactive ketones (excluding diaryl/α,β-unsaturated/α-hetero) is 1. The van der Waals surface area contributed by atoms with Crippen molar-refractivity contribution in [3.05, 3.63) is 59.4 Å². The van der Waals surface area contributed by atoms with Gasteiger partial charge in [0.2, 0.25) is 0 Å². The van der Waals surface area contributed by atoms with Crippen molar-refractivity contribution in [2.75, 3.05) is 0 Å². The molecule has 0 amide bonds. The number of para-hydroxylation sites is 1. The van der Waals surface area contributed by atoms with Crippen molar-refractivity contribution < 1.29 is 4.79 Å². The summed E-state index contributed by atoms with van der Waals surface area (Å²) in [6.07, 6.45) is 5.42. The van der Waals surface area contributed by atoms with Gasteiger partial charge in [-0.3, -0.25) is 9.78 Å². The quantitative estimate of drug-likeness (QED) is 0.691. The Balaban J connectivity index is 1.66. The molecule has 3 aromatic rings. The molecule has 114 valence electrons. The van der Waals surface area contributed by atoms with Crippen LogP contribution in [0, 0.1) is 11.3 Å². The second-order valence-corrected chi connectivity index (χ2v) is 6.32. The average molecular weight is 321 g/mol. The number of ketones is 1. The van der Waals surface area contributed by atoms with Crippen LogP contribution in [-0.4, -0.2) is 15.8 Å². The van der Waals surface area contributed by atoms with Crippen molar-refractivity contribution >= 4 is 27.3 Å². The second kappa shape index (κ2) is 7.12. The Hall–Kier alpha value is -2.58. The van der Waals surface area contributed by atoms with Crippen LogP contribution in [0.15, 0.2) is 48.8 Å². The molecule has 1 atom stereocenters. The highest BCUT2D eigenvalue weighted by Crippen LogP contribution is 2.28. The van der Waals surface area contributed by atoms with Gasteiger partial charge >= 0.3 is 0 Å². The molecule has 1 unspecified atom stereocenters. The molecule has 0 spiro atoms. The Labute approximate surface area is 138 Å². The molecule has 0 aliphatic rings. The van der Waals surface area contributed by atoms with Gasteiger partial charge in [0.05, 0.1) is 16.3 Å². The number of nitrogens with zero attached hydrogens (tertiary/aromatic N) is 3. The van der Waals surface area contributed by atoms with E-state index in [0.717, 1.165) is 28.6 Å². The van der Waals surface area contributed by atoms with Crippen LogP contribution in [0.25, 0.3) is 10.2 Å². The number of thiazole rings is 1. The van der Waals surface area contributed by atoms with Crippen LogP contribution in [0.4, 0.5) is 0 Å². The zero-order chi connectivity index (χ0) is 16.1. The molecular formula is C18H15N3OS. The normalized spacial score (nSPS) is 12.0. The highest BCUT2D eigenvalue weighted by Gasteiger charge is 2.23. The molecule has 0 bridgehead atoms. The number of benzene rings is 1. The van der Waals surface area contributed by atoms with E-state index in [-0.39, 0.29) is 5.78 Å². The SMILES string of the molecule is N#CC(C(=O)CCCc1ccncc1)c1nc2ccccc2s1. The van der Waals surface area contributed by atoms with Gasteiger partial charge < -0.3 is 0 Å². The Morgan fingerprint density at radius 2 is 2.00 bits per heavy atom. The minimum atomic E-state index is -0.759. The number of hydrogen-bond acceptors (Lipinski definition) is 5. The van der Waals surface area contributed by atoms with E-state index in [9.17, 15) is 10.1 Å². The molecule has 0 N–H and O–H groups in total. The Morgan fingerprint density at radius 1 is 1.22 bits per heavy atom. The molecule has 0 saturated carbocycles. The number of nitriles is 1. The maximum atomic E-state index is 12.4. The number of carbonyl (C=O) groups is 1. The van der Waals surface area contributed by atoms with Gasteiger partial charge in [0.1, 0.15) is 5.01 Å². The lowest BCUT2D eigenvalue weighted by Crippen LogP contribution is -2.10. The van der Waals surface area contributed by atoms with Crippen LogP contribution in [0.5, 0.6) is 0 Å². The van der Waals surface area contributed by atoms with Gasteiger partial charge in [0, 0.05) is 18.8 Å². The summed E-state index contributed by atoms with van der Waals surface area (Å²) in [4.78, 5) is 20.8. The summed E-state index contributed by atoms with van der Waals surface area (Å²) >= 11 is 1.43. The molecule has 0 radical (unpaired) electrons. The Morgan fingerprint density at radius 3 is 2.74 bits per heavy atom. The molecule has 0 fully saturated rings. The number of hydrogen-bond donors (Lipinski definition) is 0. The first kappa shape index (κ1) is 15.3. The fraction of sp³-hybridized carbons (Fsp3) is 0.222. The van der Waals surface area contributed by atoms with E-state index in [1.165, 1.54) is 11.3 Å². The largest absolute Gasteiger partial charge is 0.298 e. The smallest absolute Gasteiger partial charge is 0.156 e. The summed E-state index contributed by atoms with van der Waals surface area (Å²) in [6.45, 7) is 0. The maximum absolute atomic E-state index is 12.4. The van der Waals surface area contributed by atoms with Crippen molar-refractivity contribution in [3.63, 3.8) is 0 Å². The molecule has 0 aliphatic heterocycles. The van der Waals surface area contributed by atoms with Crippen molar-refractivity contribution in [1.82, 2.24) is 9.97 Å². The fourth-order valence-corrected chi connectivity index (χ4v) is 3.48. The lowest BCUT2D eigenvalue weighted by molar-refractivity contribution is -0.119. The lowest BCUT2D eigenvalue weighted by Gasteiger charge is -2.05. The van der Waals surface area contributed by atoms with Crippen molar-refractivity contribution in [1.29, 1.82) is 5.26 Å². The zero-order valence-corrected chi connectivity index (χ0v) is 13.3. The van der Waals surface area contributed by atoms with Crippen LogP contribution in [0.3, 0.4) is 0 Å². The predicted molar refractivity (Wildman–Crippen MR) is 90.2 cm³/mol. The van der Waals surface area contributed by atoms with Crippen LogP contribution >= 0.6 is 11.3 Å². The zero-order valence-electron chi connectivity index (χ0n) is 12.5. The Bertz CT molecular complexity index is 818. The first-order valence-corrected chi connectivity index (χ1v) is 8.26. The summed E-state index contributed by atoms with van der Waals surface area (Å²) in [6, 6.07) is 13.7. The number of aryl methyl sites for hydroxylation is 1. The predicted octanol–water partition coefficient (Wildman–Crippen LogP) is 3.89. The van der Waals surface area contributed by atoms with Crippen molar-refractivity contribution in [3.8, 4) is 6.07 Å². The lowest BCUT2D eigenvalue weighted by atomic mass is 10.00. The summed E-state index contributed by atoms with van der Waals surface area (Å²) in [5.74, 6) is -0.814. The highest BCUT2D eigenvalue weighted by atomic mass is 32.1.